The first kappa shape index (κ1) is 19.4. The van der Waals surface area contributed by atoms with E-state index in [1.165, 1.54) is 0 Å². The zero-order valence-electron chi connectivity index (χ0n) is 15.6. The van der Waals surface area contributed by atoms with Gasteiger partial charge in [0.05, 0.1) is 11.4 Å². The van der Waals surface area contributed by atoms with E-state index in [4.69, 9.17) is 5.73 Å². The molecule has 0 aliphatic heterocycles. The number of sulfonamides is 1. The molecule has 24 heavy (non-hydrogen) atoms. The summed E-state index contributed by atoms with van der Waals surface area (Å²) in [6.45, 7) is 10.9. The number of aromatic nitrogens is 2. The minimum Gasteiger partial charge on any atom is -0.329 e. The second-order valence-electron chi connectivity index (χ2n) is 7.69. The predicted octanol–water partition coefficient (Wildman–Crippen LogP) is 2.34. The van der Waals surface area contributed by atoms with Crippen LogP contribution < -0.4 is 10.5 Å². The maximum atomic E-state index is 13.1. The Kier molecular flexibility index (Phi) is 5.77. The lowest BCUT2D eigenvalue weighted by atomic mass is 9.74. The molecule has 3 N–H and O–H groups in total. The van der Waals surface area contributed by atoms with Crippen molar-refractivity contribution >= 4 is 10.0 Å². The van der Waals surface area contributed by atoms with Crippen molar-refractivity contribution in [3.8, 4) is 0 Å². The third-order valence-corrected chi connectivity index (χ3v) is 7.08. The molecule has 0 amide bonds. The van der Waals surface area contributed by atoms with Gasteiger partial charge >= 0.3 is 0 Å². The Bertz CT molecular complexity index is 681. The van der Waals surface area contributed by atoms with E-state index in [1.807, 2.05) is 6.92 Å². The first-order valence-electron chi connectivity index (χ1n) is 8.91. The fraction of sp³-hybridized carbons (Fsp3) is 0.824. The molecule has 2 rings (SSSR count). The number of nitrogens with one attached hydrogen (secondary N) is 1. The van der Waals surface area contributed by atoms with E-state index in [-0.39, 0.29) is 5.92 Å². The van der Waals surface area contributed by atoms with E-state index >= 15 is 0 Å². The van der Waals surface area contributed by atoms with Crippen LogP contribution in [0, 0.1) is 25.7 Å². The summed E-state index contributed by atoms with van der Waals surface area (Å²) in [5, 5.41) is 4.44. The van der Waals surface area contributed by atoms with Gasteiger partial charge in [0.1, 0.15) is 4.90 Å². The van der Waals surface area contributed by atoms with Crippen LogP contribution in [0.2, 0.25) is 0 Å². The second-order valence-corrected chi connectivity index (χ2v) is 9.31. The van der Waals surface area contributed by atoms with Gasteiger partial charge in [-0.15, -0.1) is 0 Å². The molecular weight excluding hydrogens is 324 g/mol. The van der Waals surface area contributed by atoms with Gasteiger partial charge in [0.15, 0.2) is 0 Å². The molecule has 6 nitrogen and oxygen atoms in total. The predicted molar refractivity (Wildman–Crippen MR) is 96.3 cm³/mol. The zero-order chi connectivity index (χ0) is 18.1. The third-order valence-electron chi connectivity index (χ3n) is 5.28. The van der Waals surface area contributed by atoms with Crippen LogP contribution in [0.25, 0.3) is 0 Å². The Labute approximate surface area is 146 Å². The standard InChI is InChI=1S/C17H32N4O2S/c1-12(2)10-21-15(5)16(14(4)19-21)24(22,23)20-17(11-18)9-7-6-8-13(17)3/h12-13,20H,6-11,18H2,1-5H3. The van der Waals surface area contributed by atoms with Gasteiger partial charge in [0.2, 0.25) is 10.0 Å². The molecule has 1 saturated carbocycles. The molecule has 1 heterocycles. The number of hydrogen-bond acceptors (Lipinski definition) is 4. The van der Waals surface area contributed by atoms with Crippen LogP contribution in [0.3, 0.4) is 0 Å². The van der Waals surface area contributed by atoms with E-state index in [1.54, 1.807) is 11.6 Å². The highest BCUT2D eigenvalue weighted by Crippen LogP contribution is 2.35. The van der Waals surface area contributed by atoms with Gasteiger partial charge in [0, 0.05) is 18.6 Å². The van der Waals surface area contributed by atoms with Gasteiger partial charge in [-0.05, 0) is 38.5 Å². The van der Waals surface area contributed by atoms with Gasteiger partial charge in [-0.2, -0.15) is 5.10 Å². The number of aryl methyl sites for hydroxylation is 1. The monoisotopic (exact) mass is 356 g/mol. The highest BCUT2D eigenvalue weighted by atomic mass is 32.2. The van der Waals surface area contributed by atoms with Gasteiger partial charge in [-0.3, -0.25) is 4.68 Å². The summed E-state index contributed by atoms with van der Waals surface area (Å²) < 4.78 is 31.0. The Morgan fingerprint density at radius 2 is 2.04 bits per heavy atom. The smallest absolute Gasteiger partial charge is 0.244 e. The van der Waals surface area contributed by atoms with Gasteiger partial charge in [-0.1, -0.05) is 33.6 Å². The van der Waals surface area contributed by atoms with Crippen molar-refractivity contribution in [3.63, 3.8) is 0 Å². The zero-order valence-corrected chi connectivity index (χ0v) is 16.4. The minimum absolute atomic E-state index is 0.234. The van der Waals surface area contributed by atoms with Crippen LogP contribution in [0.5, 0.6) is 0 Å². The molecular formula is C17H32N4O2S. The number of hydrogen-bond donors (Lipinski definition) is 2. The fourth-order valence-corrected chi connectivity index (χ4v) is 5.77. The lowest BCUT2D eigenvalue weighted by molar-refractivity contribution is 0.191. The third kappa shape index (κ3) is 3.68. The summed E-state index contributed by atoms with van der Waals surface area (Å²) in [6, 6.07) is 0. The van der Waals surface area contributed by atoms with Crippen LogP contribution in [0.4, 0.5) is 0 Å². The summed E-state index contributed by atoms with van der Waals surface area (Å²) in [6.07, 6.45) is 3.94. The van der Waals surface area contributed by atoms with Gasteiger partial charge in [0.25, 0.3) is 0 Å². The van der Waals surface area contributed by atoms with E-state index in [0.717, 1.165) is 25.7 Å². The summed E-state index contributed by atoms with van der Waals surface area (Å²) >= 11 is 0. The molecule has 0 bridgehead atoms. The normalized spacial score (nSPS) is 25.4. The molecule has 2 atom stereocenters. The summed E-state index contributed by atoms with van der Waals surface area (Å²) in [5.74, 6) is 0.637. The SMILES string of the molecule is Cc1nn(CC(C)C)c(C)c1S(=O)(=O)NC1(CN)CCCCC1C. The van der Waals surface area contributed by atoms with Crippen molar-refractivity contribution in [3.05, 3.63) is 11.4 Å². The average molecular weight is 357 g/mol. The highest BCUT2D eigenvalue weighted by molar-refractivity contribution is 7.89. The quantitative estimate of drug-likeness (QED) is 0.818. The largest absolute Gasteiger partial charge is 0.329 e. The van der Waals surface area contributed by atoms with Crippen LogP contribution in [-0.2, 0) is 16.6 Å². The van der Waals surface area contributed by atoms with Crippen molar-refractivity contribution in [1.29, 1.82) is 0 Å². The van der Waals surface area contributed by atoms with Gasteiger partial charge < -0.3 is 5.73 Å². The lowest BCUT2D eigenvalue weighted by Crippen LogP contribution is -2.59. The Morgan fingerprint density at radius 1 is 1.38 bits per heavy atom. The minimum atomic E-state index is -3.65. The lowest BCUT2D eigenvalue weighted by Gasteiger charge is -2.42. The maximum Gasteiger partial charge on any atom is 0.244 e. The van der Waals surface area contributed by atoms with E-state index < -0.39 is 15.6 Å². The molecule has 1 aromatic rings. The first-order valence-corrected chi connectivity index (χ1v) is 10.4. The number of nitrogens with two attached hydrogens (primary N) is 1. The molecule has 7 heteroatoms. The molecule has 0 saturated heterocycles. The molecule has 0 spiro atoms. The number of nitrogens with zero attached hydrogens (tertiary/aromatic N) is 2. The Morgan fingerprint density at radius 3 is 2.58 bits per heavy atom. The molecule has 0 aromatic carbocycles. The van der Waals surface area contributed by atoms with Crippen LogP contribution in [0.15, 0.2) is 4.90 Å². The molecule has 1 aliphatic rings. The maximum absolute atomic E-state index is 13.1. The molecule has 0 radical (unpaired) electrons. The summed E-state index contributed by atoms with van der Waals surface area (Å²) in [7, 11) is -3.65. The molecule has 1 aromatic heterocycles. The fourth-order valence-electron chi connectivity index (χ4n) is 3.82. The average Bonchev–Trinajstić information content (AvgIpc) is 2.75. The van der Waals surface area contributed by atoms with Crippen molar-refractivity contribution in [1.82, 2.24) is 14.5 Å². The Hall–Kier alpha value is -0.920. The topological polar surface area (TPSA) is 90.0 Å². The van der Waals surface area contributed by atoms with Crippen LogP contribution >= 0.6 is 0 Å². The van der Waals surface area contributed by atoms with Gasteiger partial charge in [-0.25, -0.2) is 13.1 Å². The summed E-state index contributed by atoms with van der Waals surface area (Å²) in [5.41, 5.74) is 6.72. The molecule has 1 aliphatic carbocycles. The van der Waals surface area contributed by atoms with E-state index in [0.29, 0.717) is 35.3 Å². The van der Waals surface area contributed by atoms with Crippen LogP contribution in [-0.4, -0.2) is 30.3 Å². The molecule has 138 valence electrons. The van der Waals surface area contributed by atoms with Crippen molar-refractivity contribution < 1.29 is 8.42 Å². The second kappa shape index (κ2) is 7.14. The number of rotatable bonds is 6. The highest BCUT2D eigenvalue weighted by Gasteiger charge is 2.41. The summed E-state index contributed by atoms with van der Waals surface area (Å²) in [4.78, 5) is 0.314. The Balaban J connectivity index is 2.38. The van der Waals surface area contributed by atoms with E-state index in [9.17, 15) is 8.42 Å². The van der Waals surface area contributed by atoms with Crippen molar-refractivity contribution in [2.24, 2.45) is 17.6 Å². The van der Waals surface area contributed by atoms with Crippen molar-refractivity contribution in [2.75, 3.05) is 6.54 Å². The molecule has 2 unspecified atom stereocenters. The van der Waals surface area contributed by atoms with E-state index in [2.05, 4.69) is 30.6 Å². The first-order chi connectivity index (χ1) is 11.1. The van der Waals surface area contributed by atoms with Crippen molar-refractivity contribution in [2.45, 2.75) is 77.3 Å². The van der Waals surface area contributed by atoms with Crippen LogP contribution in [0.1, 0.15) is 57.8 Å². The molecule has 1 fully saturated rings.